The van der Waals surface area contributed by atoms with Gasteiger partial charge >= 0.3 is 0 Å². The van der Waals surface area contributed by atoms with E-state index in [-0.39, 0.29) is 0 Å². The molecule has 0 aliphatic heterocycles. The van der Waals surface area contributed by atoms with Crippen LogP contribution in [0, 0.1) is 0 Å². The van der Waals surface area contributed by atoms with E-state index in [4.69, 9.17) is 4.74 Å². The first-order chi connectivity index (χ1) is 9.22. The molecular weight excluding hydrogens is 238 g/mol. The van der Waals surface area contributed by atoms with Crippen LogP contribution in [0.4, 0.5) is 0 Å². The van der Waals surface area contributed by atoms with Gasteiger partial charge in [0.05, 0.1) is 18.4 Å². The van der Waals surface area contributed by atoms with Gasteiger partial charge in [-0.05, 0) is 52.1 Å². The molecule has 0 saturated heterocycles. The van der Waals surface area contributed by atoms with Gasteiger partial charge < -0.3 is 10.1 Å². The van der Waals surface area contributed by atoms with Gasteiger partial charge in [0.15, 0.2) is 0 Å². The first kappa shape index (κ1) is 14.5. The summed E-state index contributed by atoms with van der Waals surface area (Å²) < 4.78 is 8.02. The Balaban J connectivity index is 1.75. The summed E-state index contributed by atoms with van der Waals surface area (Å²) in [7, 11) is 2.05. The number of hydrogen-bond donors (Lipinski definition) is 1. The Labute approximate surface area is 116 Å². The summed E-state index contributed by atoms with van der Waals surface area (Å²) in [6.45, 7) is 5.03. The van der Waals surface area contributed by atoms with Crippen molar-refractivity contribution in [2.75, 3.05) is 7.05 Å². The number of hydrogen-bond acceptors (Lipinski definition) is 3. The zero-order chi connectivity index (χ0) is 13.7. The largest absolute Gasteiger partial charge is 0.372 e. The molecule has 1 aromatic rings. The fourth-order valence-corrected chi connectivity index (χ4v) is 2.61. The monoisotopic (exact) mass is 265 g/mol. The lowest BCUT2D eigenvalue weighted by molar-refractivity contribution is 0.0100. The first-order valence-electron chi connectivity index (χ1n) is 7.55. The molecule has 1 N–H and O–H groups in total. The molecule has 2 rings (SSSR count). The van der Waals surface area contributed by atoms with Gasteiger partial charge in [0.1, 0.15) is 0 Å². The van der Waals surface area contributed by atoms with Gasteiger partial charge in [-0.15, -0.1) is 0 Å². The molecule has 1 aromatic heterocycles. The normalized spacial score (nSPS) is 25.4. The number of aromatic nitrogens is 2. The van der Waals surface area contributed by atoms with Crippen molar-refractivity contribution in [2.24, 2.45) is 0 Å². The molecule has 108 valence electrons. The third-order valence-corrected chi connectivity index (χ3v) is 4.26. The topological polar surface area (TPSA) is 39.1 Å². The summed E-state index contributed by atoms with van der Waals surface area (Å²) in [6.07, 6.45) is 8.36. The van der Waals surface area contributed by atoms with Crippen LogP contribution in [0.1, 0.15) is 57.7 Å². The zero-order valence-corrected chi connectivity index (χ0v) is 12.4. The molecule has 1 aliphatic rings. The molecule has 0 aromatic carbocycles. The number of nitrogens with zero attached hydrogens (tertiary/aromatic N) is 2. The van der Waals surface area contributed by atoms with E-state index in [2.05, 4.69) is 36.5 Å². The van der Waals surface area contributed by atoms with Crippen LogP contribution in [0.3, 0.4) is 0 Å². The second kappa shape index (κ2) is 7.06. The highest BCUT2D eigenvalue weighted by Gasteiger charge is 2.20. The van der Waals surface area contributed by atoms with E-state index in [1.165, 1.54) is 12.8 Å². The van der Waals surface area contributed by atoms with Crippen molar-refractivity contribution in [1.29, 1.82) is 0 Å². The third kappa shape index (κ3) is 4.05. The predicted molar refractivity (Wildman–Crippen MR) is 77.1 cm³/mol. The van der Waals surface area contributed by atoms with Crippen molar-refractivity contribution in [3.05, 3.63) is 18.0 Å². The van der Waals surface area contributed by atoms with E-state index in [1.54, 1.807) is 0 Å². The Morgan fingerprint density at radius 3 is 2.79 bits per heavy atom. The lowest BCUT2D eigenvalue weighted by Crippen LogP contribution is -2.32. The maximum absolute atomic E-state index is 5.98. The third-order valence-electron chi connectivity index (χ3n) is 4.26. The molecule has 1 atom stereocenters. The van der Waals surface area contributed by atoms with Crippen LogP contribution in [0.15, 0.2) is 12.3 Å². The average molecular weight is 265 g/mol. The summed E-state index contributed by atoms with van der Waals surface area (Å²) in [6, 6.07) is 3.23. The van der Waals surface area contributed by atoms with E-state index >= 15 is 0 Å². The predicted octanol–water partition coefficient (Wildman–Crippen LogP) is 2.90. The van der Waals surface area contributed by atoms with E-state index < -0.39 is 0 Å². The van der Waals surface area contributed by atoms with Crippen LogP contribution in [-0.4, -0.2) is 29.0 Å². The molecular formula is C15H27N3O. The number of rotatable bonds is 6. The summed E-state index contributed by atoms with van der Waals surface area (Å²) in [5.74, 6) is 0. The first-order valence-corrected chi connectivity index (χ1v) is 7.55. The average Bonchev–Trinajstić information content (AvgIpc) is 2.93. The molecule has 1 aliphatic carbocycles. The Bertz CT molecular complexity index is 369. The van der Waals surface area contributed by atoms with E-state index in [0.717, 1.165) is 25.0 Å². The molecule has 1 fully saturated rings. The van der Waals surface area contributed by atoms with Gasteiger partial charge in [0, 0.05) is 18.3 Å². The van der Waals surface area contributed by atoms with Gasteiger partial charge in [-0.1, -0.05) is 6.92 Å². The van der Waals surface area contributed by atoms with Crippen molar-refractivity contribution in [3.63, 3.8) is 0 Å². The standard InChI is InChI=1S/C15H27N3O/c1-4-12(2)18-10-9-14(17-18)11-19-15-7-5-13(16-3)6-8-15/h9-10,12-13,15-16H,4-8,11H2,1-3H3. The molecule has 1 heterocycles. The van der Waals surface area contributed by atoms with Crippen LogP contribution in [0.2, 0.25) is 0 Å². The van der Waals surface area contributed by atoms with E-state index in [0.29, 0.717) is 24.8 Å². The zero-order valence-electron chi connectivity index (χ0n) is 12.4. The molecule has 0 radical (unpaired) electrons. The number of ether oxygens (including phenoxy) is 1. The summed E-state index contributed by atoms with van der Waals surface area (Å²) in [5.41, 5.74) is 1.05. The maximum atomic E-state index is 5.98. The molecule has 1 unspecified atom stereocenters. The van der Waals surface area contributed by atoms with Gasteiger partial charge in [0.2, 0.25) is 0 Å². The van der Waals surface area contributed by atoms with Crippen molar-refractivity contribution in [3.8, 4) is 0 Å². The smallest absolute Gasteiger partial charge is 0.0910 e. The van der Waals surface area contributed by atoms with Gasteiger partial charge in [-0.3, -0.25) is 4.68 Å². The highest BCUT2D eigenvalue weighted by Crippen LogP contribution is 2.22. The molecule has 0 bridgehead atoms. The number of nitrogens with one attached hydrogen (secondary N) is 1. The van der Waals surface area contributed by atoms with E-state index in [9.17, 15) is 0 Å². The lowest BCUT2D eigenvalue weighted by Gasteiger charge is -2.28. The minimum Gasteiger partial charge on any atom is -0.372 e. The fraction of sp³-hybridized carbons (Fsp3) is 0.800. The minimum atomic E-state index is 0.415. The minimum absolute atomic E-state index is 0.415. The quantitative estimate of drug-likeness (QED) is 0.859. The second-order valence-electron chi connectivity index (χ2n) is 5.62. The summed E-state index contributed by atoms with van der Waals surface area (Å²) in [5, 5.41) is 7.93. The van der Waals surface area contributed by atoms with Crippen molar-refractivity contribution >= 4 is 0 Å². The molecule has 4 heteroatoms. The highest BCUT2D eigenvalue weighted by atomic mass is 16.5. The van der Waals surface area contributed by atoms with Crippen molar-refractivity contribution in [1.82, 2.24) is 15.1 Å². The molecule has 0 spiro atoms. The molecule has 19 heavy (non-hydrogen) atoms. The van der Waals surface area contributed by atoms with Crippen LogP contribution in [0.25, 0.3) is 0 Å². The Kier molecular flexibility index (Phi) is 5.40. The fourth-order valence-electron chi connectivity index (χ4n) is 2.61. The van der Waals surface area contributed by atoms with Crippen LogP contribution in [0.5, 0.6) is 0 Å². The Morgan fingerprint density at radius 2 is 2.16 bits per heavy atom. The SMILES string of the molecule is CCC(C)n1ccc(COC2CCC(NC)CC2)n1. The van der Waals surface area contributed by atoms with Gasteiger partial charge in [-0.2, -0.15) is 5.10 Å². The van der Waals surface area contributed by atoms with E-state index in [1.807, 2.05) is 11.7 Å². The summed E-state index contributed by atoms with van der Waals surface area (Å²) in [4.78, 5) is 0. The molecule has 1 saturated carbocycles. The van der Waals surface area contributed by atoms with Crippen LogP contribution < -0.4 is 5.32 Å². The second-order valence-corrected chi connectivity index (χ2v) is 5.62. The highest BCUT2D eigenvalue weighted by molar-refractivity contribution is 4.98. The maximum Gasteiger partial charge on any atom is 0.0910 e. The van der Waals surface area contributed by atoms with Crippen LogP contribution in [-0.2, 0) is 11.3 Å². The Hall–Kier alpha value is -0.870. The summed E-state index contributed by atoms with van der Waals surface area (Å²) >= 11 is 0. The molecule has 0 amide bonds. The van der Waals surface area contributed by atoms with Crippen molar-refractivity contribution in [2.45, 2.75) is 70.7 Å². The van der Waals surface area contributed by atoms with Crippen LogP contribution >= 0.6 is 0 Å². The van der Waals surface area contributed by atoms with Crippen molar-refractivity contribution < 1.29 is 4.74 Å². The molecule has 4 nitrogen and oxygen atoms in total. The van der Waals surface area contributed by atoms with Gasteiger partial charge in [0.25, 0.3) is 0 Å². The lowest BCUT2D eigenvalue weighted by atomic mass is 9.93. The van der Waals surface area contributed by atoms with Gasteiger partial charge in [-0.25, -0.2) is 0 Å². The Morgan fingerprint density at radius 1 is 1.42 bits per heavy atom.